The fourth-order valence-corrected chi connectivity index (χ4v) is 4.85. The molecule has 1 saturated carbocycles. The molecule has 26 heavy (non-hydrogen) atoms. The quantitative estimate of drug-likeness (QED) is 0.418. The molecule has 1 aliphatic carbocycles. The smallest absolute Gasteiger partial charge is 0.182 e. The molecule has 0 amide bonds. The van der Waals surface area contributed by atoms with E-state index in [1.54, 1.807) is 6.07 Å². The second kappa shape index (κ2) is 7.83. The Morgan fingerprint density at radius 3 is 2.69 bits per heavy atom. The van der Waals surface area contributed by atoms with Gasteiger partial charge in [0.05, 0.1) is 17.9 Å². The normalized spacial score (nSPS) is 15.2. The maximum Gasteiger partial charge on any atom is 0.182 e. The van der Waals surface area contributed by atoms with Crippen molar-refractivity contribution < 1.29 is 13.9 Å². The highest BCUT2D eigenvalue weighted by molar-refractivity contribution is 7.25. The van der Waals surface area contributed by atoms with Gasteiger partial charge >= 0.3 is 0 Å². The number of hydrogen-bond acceptors (Lipinski definition) is 3. The molecule has 1 fully saturated rings. The van der Waals surface area contributed by atoms with Gasteiger partial charge in [0.1, 0.15) is 5.75 Å². The van der Waals surface area contributed by atoms with Crippen molar-refractivity contribution in [2.24, 2.45) is 5.92 Å². The molecule has 3 aromatic rings. The van der Waals surface area contributed by atoms with Crippen LogP contribution in [0.3, 0.4) is 0 Å². The van der Waals surface area contributed by atoms with Crippen LogP contribution in [0, 0.1) is 11.7 Å². The van der Waals surface area contributed by atoms with E-state index >= 15 is 0 Å². The first-order valence-electron chi connectivity index (χ1n) is 9.66. The van der Waals surface area contributed by atoms with Crippen LogP contribution < -0.4 is 9.47 Å². The molecule has 1 aromatic heterocycles. The number of halogens is 1. The van der Waals surface area contributed by atoms with Crippen molar-refractivity contribution in [3.05, 3.63) is 36.1 Å². The Morgan fingerprint density at radius 2 is 1.88 bits per heavy atom. The zero-order chi connectivity index (χ0) is 17.9. The zero-order valence-corrected chi connectivity index (χ0v) is 16.0. The van der Waals surface area contributed by atoms with Crippen LogP contribution in [-0.4, -0.2) is 13.2 Å². The first-order chi connectivity index (χ1) is 12.8. The van der Waals surface area contributed by atoms with Gasteiger partial charge < -0.3 is 9.47 Å². The Kier molecular flexibility index (Phi) is 5.30. The Labute approximate surface area is 157 Å². The van der Waals surface area contributed by atoms with E-state index in [1.807, 2.05) is 18.2 Å². The van der Waals surface area contributed by atoms with E-state index in [0.29, 0.717) is 23.0 Å². The number of rotatable bonds is 7. The number of ether oxygens (including phenoxy) is 2. The van der Waals surface area contributed by atoms with Gasteiger partial charge in [-0.05, 0) is 55.5 Å². The molecule has 2 nitrogen and oxygen atoms in total. The number of unbranched alkanes of at least 4 members (excludes halogenated alkanes) is 1. The maximum atomic E-state index is 14.8. The third-order valence-corrected chi connectivity index (χ3v) is 6.39. The predicted molar refractivity (Wildman–Crippen MR) is 107 cm³/mol. The third kappa shape index (κ3) is 3.52. The highest BCUT2D eigenvalue weighted by Gasteiger charge is 2.17. The Balaban J connectivity index is 1.59. The molecule has 4 rings (SSSR count). The lowest BCUT2D eigenvalue weighted by atomic mass is 10.1. The van der Waals surface area contributed by atoms with Crippen LogP contribution in [0.1, 0.15) is 45.4 Å². The Morgan fingerprint density at radius 1 is 1.08 bits per heavy atom. The van der Waals surface area contributed by atoms with Gasteiger partial charge in [-0.1, -0.05) is 26.2 Å². The van der Waals surface area contributed by atoms with E-state index in [-0.39, 0.29) is 5.82 Å². The summed E-state index contributed by atoms with van der Waals surface area (Å²) < 4.78 is 28.2. The summed E-state index contributed by atoms with van der Waals surface area (Å²) in [4.78, 5) is 0. The summed E-state index contributed by atoms with van der Waals surface area (Å²) in [6, 6.07) is 9.83. The summed E-state index contributed by atoms with van der Waals surface area (Å²) in [5.41, 5.74) is 0. The molecular formula is C22H25FO2S. The highest BCUT2D eigenvalue weighted by Crippen LogP contribution is 2.40. The van der Waals surface area contributed by atoms with Gasteiger partial charge in [0, 0.05) is 15.5 Å². The first-order valence-corrected chi connectivity index (χ1v) is 10.5. The first kappa shape index (κ1) is 17.6. The minimum atomic E-state index is -0.242. The number of thiophene rings is 1. The number of hydrogen-bond donors (Lipinski definition) is 0. The second-order valence-electron chi connectivity index (χ2n) is 7.18. The van der Waals surface area contributed by atoms with Gasteiger partial charge in [-0.3, -0.25) is 0 Å². The minimum absolute atomic E-state index is 0.242. The lowest BCUT2D eigenvalue weighted by Crippen LogP contribution is -2.07. The van der Waals surface area contributed by atoms with E-state index in [0.717, 1.165) is 40.7 Å². The third-order valence-electron chi connectivity index (χ3n) is 5.23. The zero-order valence-electron chi connectivity index (χ0n) is 15.2. The topological polar surface area (TPSA) is 18.5 Å². The van der Waals surface area contributed by atoms with E-state index in [9.17, 15) is 4.39 Å². The Bertz CT molecular complexity index is 896. The molecule has 0 N–H and O–H groups in total. The van der Waals surface area contributed by atoms with E-state index in [1.165, 1.54) is 37.0 Å². The van der Waals surface area contributed by atoms with E-state index < -0.39 is 0 Å². The molecule has 4 heteroatoms. The predicted octanol–water partition coefficient (Wildman–Crippen LogP) is 6.94. The largest absolute Gasteiger partial charge is 0.493 e. The van der Waals surface area contributed by atoms with Gasteiger partial charge in [-0.15, -0.1) is 11.3 Å². The molecule has 0 saturated heterocycles. The monoisotopic (exact) mass is 372 g/mol. The van der Waals surface area contributed by atoms with Crippen LogP contribution in [-0.2, 0) is 0 Å². The maximum absolute atomic E-state index is 14.8. The summed E-state index contributed by atoms with van der Waals surface area (Å²) in [6.45, 7) is 3.45. The average molecular weight is 373 g/mol. The summed E-state index contributed by atoms with van der Waals surface area (Å²) in [5, 5.41) is 2.03. The summed E-state index contributed by atoms with van der Waals surface area (Å²) >= 11 is 1.48. The molecule has 2 aromatic carbocycles. The molecule has 0 atom stereocenters. The molecule has 1 heterocycles. The van der Waals surface area contributed by atoms with Crippen molar-refractivity contribution in [2.75, 3.05) is 13.2 Å². The van der Waals surface area contributed by atoms with Crippen molar-refractivity contribution in [2.45, 2.75) is 45.4 Å². The average Bonchev–Trinajstić information content (AvgIpc) is 3.29. The van der Waals surface area contributed by atoms with Crippen LogP contribution >= 0.6 is 11.3 Å². The molecule has 0 aliphatic heterocycles. The molecule has 0 radical (unpaired) electrons. The SMILES string of the molecule is CCCCOc1ccc2c(sc3cc(OCC4CCCC4)ccc32)c1F. The lowest BCUT2D eigenvalue weighted by molar-refractivity contribution is 0.252. The minimum Gasteiger partial charge on any atom is -0.493 e. The number of benzene rings is 2. The van der Waals surface area contributed by atoms with Crippen LogP contribution in [0.15, 0.2) is 30.3 Å². The van der Waals surface area contributed by atoms with Gasteiger partial charge in [0.25, 0.3) is 0 Å². The molecule has 0 bridgehead atoms. The van der Waals surface area contributed by atoms with Crippen LogP contribution in [0.2, 0.25) is 0 Å². The van der Waals surface area contributed by atoms with E-state index in [4.69, 9.17) is 9.47 Å². The molecule has 138 valence electrons. The molecule has 0 spiro atoms. The van der Waals surface area contributed by atoms with Gasteiger partial charge in [0.15, 0.2) is 11.6 Å². The molecular weight excluding hydrogens is 347 g/mol. The van der Waals surface area contributed by atoms with Gasteiger partial charge in [0.2, 0.25) is 0 Å². The fourth-order valence-electron chi connectivity index (χ4n) is 3.69. The highest BCUT2D eigenvalue weighted by atomic mass is 32.1. The standard InChI is InChI=1S/C22H25FO2S/c1-2-3-12-24-19-11-10-18-17-9-8-16(25-14-15-6-4-5-7-15)13-20(17)26-22(18)21(19)23/h8-11,13,15H,2-7,12,14H2,1H3. The van der Waals surface area contributed by atoms with Crippen molar-refractivity contribution in [1.29, 1.82) is 0 Å². The second-order valence-corrected chi connectivity index (χ2v) is 8.23. The van der Waals surface area contributed by atoms with Crippen molar-refractivity contribution in [3.8, 4) is 11.5 Å². The summed E-state index contributed by atoms with van der Waals surface area (Å²) in [6.07, 6.45) is 7.17. The van der Waals surface area contributed by atoms with Crippen LogP contribution in [0.5, 0.6) is 11.5 Å². The van der Waals surface area contributed by atoms with Crippen molar-refractivity contribution in [1.82, 2.24) is 0 Å². The lowest BCUT2D eigenvalue weighted by Gasteiger charge is -2.11. The van der Waals surface area contributed by atoms with E-state index in [2.05, 4.69) is 13.0 Å². The van der Waals surface area contributed by atoms with Crippen molar-refractivity contribution in [3.63, 3.8) is 0 Å². The Hall–Kier alpha value is -1.81. The molecule has 0 unspecified atom stereocenters. The summed E-state index contributed by atoms with van der Waals surface area (Å²) in [7, 11) is 0. The fraction of sp³-hybridized carbons (Fsp3) is 0.455. The van der Waals surface area contributed by atoms with Gasteiger partial charge in [-0.2, -0.15) is 0 Å². The summed E-state index contributed by atoms with van der Waals surface area (Å²) in [5.74, 6) is 1.69. The molecule has 1 aliphatic rings. The van der Waals surface area contributed by atoms with Crippen molar-refractivity contribution >= 4 is 31.5 Å². The van der Waals surface area contributed by atoms with Crippen LogP contribution in [0.25, 0.3) is 20.2 Å². The number of fused-ring (bicyclic) bond motifs is 3. The van der Waals surface area contributed by atoms with Crippen LogP contribution in [0.4, 0.5) is 4.39 Å². The van der Waals surface area contributed by atoms with Gasteiger partial charge in [-0.25, -0.2) is 4.39 Å².